The summed E-state index contributed by atoms with van der Waals surface area (Å²) in [6.45, 7) is 8.29. The molecule has 8 heteroatoms. The van der Waals surface area contributed by atoms with E-state index in [4.69, 9.17) is 15.2 Å². The number of hydrogen-bond donors (Lipinski definition) is 2. The van der Waals surface area contributed by atoms with E-state index in [-0.39, 0.29) is 42.8 Å². The van der Waals surface area contributed by atoms with E-state index in [9.17, 15) is 4.79 Å². The largest absolute Gasteiger partial charge is 0.379 e. The van der Waals surface area contributed by atoms with Crippen LogP contribution in [0, 0.1) is 0 Å². The maximum atomic E-state index is 11.8. The zero-order valence-electron chi connectivity index (χ0n) is 12.4. The van der Waals surface area contributed by atoms with Gasteiger partial charge in [0.05, 0.1) is 13.2 Å². The Bertz CT molecular complexity index is 271. The second-order valence-corrected chi connectivity index (χ2v) is 5.09. The van der Waals surface area contributed by atoms with Gasteiger partial charge in [-0.3, -0.25) is 9.69 Å². The van der Waals surface area contributed by atoms with Crippen molar-refractivity contribution in [1.29, 1.82) is 0 Å². The lowest BCUT2D eigenvalue weighted by Crippen LogP contribution is -2.56. The zero-order valence-corrected chi connectivity index (χ0v) is 14.0. The number of methoxy groups -OCH3 is 1. The molecule has 0 saturated carbocycles. The van der Waals surface area contributed by atoms with Crippen molar-refractivity contribution in [3.05, 3.63) is 0 Å². The van der Waals surface area contributed by atoms with Gasteiger partial charge in [0.1, 0.15) is 6.10 Å². The number of rotatable bonds is 6. The van der Waals surface area contributed by atoms with E-state index in [1.165, 1.54) is 7.11 Å². The lowest BCUT2D eigenvalue weighted by atomic mass is 10.0. The number of ether oxygens (including phenoxy) is 2. The van der Waals surface area contributed by atoms with Gasteiger partial charge in [-0.1, -0.05) is 0 Å². The molecule has 6 nitrogen and oxygen atoms in total. The molecule has 1 atom stereocenters. The summed E-state index contributed by atoms with van der Waals surface area (Å²) >= 11 is 0. The van der Waals surface area contributed by atoms with Gasteiger partial charge < -0.3 is 20.5 Å². The first kappa shape index (κ1) is 22.2. The quantitative estimate of drug-likeness (QED) is 0.718. The Hall–Kier alpha value is -0.110. The smallest absolute Gasteiger partial charge is 0.250 e. The number of amides is 1. The average Bonchev–Trinajstić information content (AvgIpc) is 2.39. The van der Waals surface area contributed by atoms with E-state index in [1.54, 1.807) is 0 Å². The number of carbonyl (C=O) groups is 1. The van der Waals surface area contributed by atoms with E-state index in [0.29, 0.717) is 6.54 Å². The standard InChI is InChI=1S/C12H25N3O3.2ClH/c1-12(2,15-4-6-18-7-5-15)9-14-11(16)10(8-13)17-3;;/h10H,4-9,13H2,1-3H3,(H,14,16);2*1H. The Morgan fingerprint density at radius 2 is 1.95 bits per heavy atom. The van der Waals surface area contributed by atoms with Crippen molar-refractivity contribution < 1.29 is 14.3 Å². The monoisotopic (exact) mass is 331 g/mol. The molecule has 1 rings (SSSR count). The molecule has 0 aromatic heterocycles. The second-order valence-electron chi connectivity index (χ2n) is 5.09. The number of nitrogens with one attached hydrogen (secondary N) is 1. The summed E-state index contributed by atoms with van der Waals surface area (Å²) < 4.78 is 10.3. The molecule has 1 amide bonds. The SMILES string of the molecule is COC(CN)C(=O)NCC(C)(C)N1CCOCC1.Cl.Cl. The molecular weight excluding hydrogens is 305 g/mol. The number of nitrogens with zero attached hydrogens (tertiary/aromatic N) is 1. The van der Waals surface area contributed by atoms with Crippen LogP contribution >= 0.6 is 24.8 Å². The van der Waals surface area contributed by atoms with Crippen molar-refractivity contribution in [2.45, 2.75) is 25.5 Å². The molecule has 1 heterocycles. The Kier molecular flexibility index (Phi) is 11.7. The van der Waals surface area contributed by atoms with Crippen LogP contribution < -0.4 is 11.1 Å². The van der Waals surface area contributed by atoms with E-state index >= 15 is 0 Å². The minimum Gasteiger partial charge on any atom is -0.379 e. The third-order valence-corrected chi connectivity index (χ3v) is 3.35. The molecule has 0 radical (unpaired) electrons. The predicted molar refractivity (Wildman–Crippen MR) is 83.8 cm³/mol. The van der Waals surface area contributed by atoms with Gasteiger partial charge in [0, 0.05) is 38.8 Å². The fraction of sp³-hybridized carbons (Fsp3) is 0.917. The molecule has 0 bridgehead atoms. The zero-order chi connectivity index (χ0) is 13.6. The highest BCUT2D eigenvalue weighted by Crippen LogP contribution is 2.15. The highest BCUT2D eigenvalue weighted by atomic mass is 35.5. The molecule has 1 fully saturated rings. The molecule has 0 spiro atoms. The Balaban J connectivity index is 0. The fourth-order valence-corrected chi connectivity index (χ4v) is 2.01. The van der Waals surface area contributed by atoms with Gasteiger partial charge >= 0.3 is 0 Å². The van der Waals surface area contributed by atoms with Crippen LogP contribution in [0.5, 0.6) is 0 Å². The first-order chi connectivity index (χ1) is 8.51. The van der Waals surface area contributed by atoms with Gasteiger partial charge in [0.2, 0.25) is 0 Å². The van der Waals surface area contributed by atoms with Gasteiger partial charge in [-0.2, -0.15) is 0 Å². The topological polar surface area (TPSA) is 76.8 Å². The first-order valence-corrected chi connectivity index (χ1v) is 6.34. The van der Waals surface area contributed by atoms with Crippen molar-refractivity contribution >= 4 is 30.7 Å². The number of nitrogens with two attached hydrogens (primary N) is 1. The summed E-state index contributed by atoms with van der Waals surface area (Å²) in [6, 6.07) is 0. The van der Waals surface area contributed by atoms with Gasteiger partial charge in [0.15, 0.2) is 0 Å². The van der Waals surface area contributed by atoms with E-state index in [1.807, 2.05) is 0 Å². The fourth-order valence-electron chi connectivity index (χ4n) is 2.01. The molecule has 122 valence electrons. The maximum Gasteiger partial charge on any atom is 0.250 e. The molecule has 1 saturated heterocycles. The summed E-state index contributed by atoms with van der Waals surface area (Å²) in [6.07, 6.45) is -0.564. The van der Waals surface area contributed by atoms with Crippen molar-refractivity contribution in [2.24, 2.45) is 5.73 Å². The Labute approximate surface area is 133 Å². The molecule has 1 aliphatic rings. The Morgan fingerprint density at radius 1 is 1.40 bits per heavy atom. The van der Waals surface area contributed by atoms with Crippen molar-refractivity contribution in [3.8, 4) is 0 Å². The first-order valence-electron chi connectivity index (χ1n) is 6.34. The van der Waals surface area contributed by atoms with E-state index in [2.05, 4.69) is 24.1 Å². The van der Waals surface area contributed by atoms with Crippen LogP contribution in [0.15, 0.2) is 0 Å². The molecule has 0 aliphatic carbocycles. The molecule has 0 aromatic rings. The van der Waals surface area contributed by atoms with Crippen LogP contribution in [0.3, 0.4) is 0 Å². The van der Waals surface area contributed by atoms with Gasteiger partial charge in [-0.05, 0) is 13.8 Å². The highest BCUT2D eigenvalue weighted by molar-refractivity contribution is 5.85. The number of morpholine rings is 1. The van der Waals surface area contributed by atoms with Gasteiger partial charge in [-0.15, -0.1) is 24.8 Å². The molecule has 3 N–H and O–H groups in total. The average molecular weight is 332 g/mol. The van der Waals surface area contributed by atoms with Crippen LogP contribution in [0.2, 0.25) is 0 Å². The van der Waals surface area contributed by atoms with Crippen LogP contribution in [-0.4, -0.2) is 69.0 Å². The lowest BCUT2D eigenvalue weighted by molar-refractivity contribution is -0.131. The minimum absolute atomic E-state index is 0. The summed E-state index contributed by atoms with van der Waals surface area (Å²) in [5.41, 5.74) is 5.36. The van der Waals surface area contributed by atoms with Crippen LogP contribution in [-0.2, 0) is 14.3 Å². The molecule has 1 aliphatic heterocycles. The third-order valence-electron chi connectivity index (χ3n) is 3.35. The maximum absolute atomic E-state index is 11.8. The summed E-state index contributed by atoms with van der Waals surface area (Å²) in [5, 5.41) is 2.90. The van der Waals surface area contributed by atoms with Crippen LogP contribution in [0.4, 0.5) is 0 Å². The van der Waals surface area contributed by atoms with E-state index < -0.39 is 6.10 Å². The molecule has 20 heavy (non-hydrogen) atoms. The third kappa shape index (κ3) is 6.56. The molecule has 1 unspecified atom stereocenters. The lowest BCUT2D eigenvalue weighted by Gasteiger charge is -2.41. The number of carbonyl (C=O) groups excluding carboxylic acids is 1. The number of halogens is 2. The van der Waals surface area contributed by atoms with Gasteiger partial charge in [-0.25, -0.2) is 0 Å². The normalized spacial score (nSPS) is 17.6. The van der Waals surface area contributed by atoms with Crippen LogP contribution in [0.25, 0.3) is 0 Å². The molecular formula is C12H27Cl2N3O3. The number of hydrogen-bond acceptors (Lipinski definition) is 5. The van der Waals surface area contributed by atoms with Crippen molar-refractivity contribution in [1.82, 2.24) is 10.2 Å². The summed E-state index contributed by atoms with van der Waals surface area (Å²) in [4.78, 5) is 14.1. The highest BCUT2D eigenvalue weighted by Gasteiger charge is 2.29. The summed E-state index contributed by atoms with van der Waals surface area (Å²) in [5.74, 6) is -0.152. The Morgan fingerprint density at radius 3 is 2.40 bits per heavy atom. The second kappa shape index (κ2) is 10.6. The summed E-state index contributed by atoms with van der Waals surface area (Å²) in [7, 11) is 1.49. The van der Waals surface area contributed by atoms with Crippen molar-refractivity contribution in [3.63, 3.8) is 0 Å². The van der Waals surface area contributed by atoms with Gasteiger partial charge in [0.25, 0.3) is 5.91 Å². The van der Waals surface area contributed by atoms with Crippen molar-refractivity contribution in [2.75, 3.05) is 46.5 Å². The van der Waals surface area contributed by atoms with Crippen LogP contribution in [0.1, 0.15) is 13.8 Å². The molecule has 0 aromatic carbocycles. The van der Waals surface area contributed by atoms with E-state index in [0.717, 1.165) is 26.3 Å². The minimum atomic E-state index is -0.564. The predicted octanol–water partition coefficient (Wildman–Crippen LogP) is 0.0307.